The molecule has 31 heavy (non-hydrogen) atoms. The van der Waals surface area contributed by atoms with Crippen molar-refractivity contribution in [3.63, 3.8) is 0 Å². The van der Waals surface area contributed by atoms with Crippen LogP contribution in [0.1, 0.15) is 86.0 Å². The Bertz CT molecular complexity index is 668. The van der Waals surface area contributed by atoms with Crippen LogP contribution in [0.3, 0.4) is 0 Å². The van der Waals surface area contributed by atoms with Gasteiger partial charge in [0, 0.05) is 30.2 Å². The smallest absolute Gasteiger partial charge is 0.330 e. The molecule has 0 aromatic heterocycles. The van der Waals surface area contributed by atoms with Crippen molar-refractivity contribution in [2.75, 3.05) is 19.7 Å². The van der Waals surface area contributed by atoms with E-state index >= 15 is 0 Å². The fourth-order valence-electron chi connectivity index (χ4n) is 5.62. The molecule has 2 aliphatic heterocycles. The SMILES string of the molecule is C=CC(=O)OCCN1C(C)(C)CC2(CC1(C)C)NC(=O)N(CCCCCCCC)C2=O. The number of nitrogens with zero attached hydrogens (tertiary/aromatic N) is 2. The molecule has 2 fully saturated rings. The number of unbranched alkanes of at least 4 members (excludes halogenated alkanes) is 5. The van der Waals surface area contributed by atoms with Crippen molar-refractivity contribution in [3.05, 3.63) is 12.7 Å². The summed E-state index contributed by atoms with van der Waals surface area (Å²) < 4.78 is 5.19. The van der Waals surface area contributed by atoms with Gasteiger partial charge >= 0.3 is 12.0 Å². The fraction of sp³-hybridized carbons (Fsp3) is 0.792. The summed E-state index contributed by atoms with van der Waals surface area (Å²) in [4.78, 5) is 41.2. The summed E-state index contributed by atoms with van der Waals surface area (Å²) in [5.41, 5.74) is -1.59. The molecule has 0 radical (unpaired) electrons. The standard InChI is InChI=1S/C24H41N3O4/c1-7-9-10-11-12-13-14-26-20(29)24(25-21(26)30)17-22(3,4)27(23(5,6)18-24)15-16-31-19(28)8-2/h8H,2,7,9-18H2,1,3-6H3,(H,25,30). The molecule has 2 aliphatic rings. The zero-order valence-electron chi connectivity index (χ0n) is 20.1. The second-order valence-corrected chi connectivity index (χ2v) is 10.2. The first kappa shape index (κ1) is 25.4. The van der Waals surface area contributed by atoms with Gasteiger partial charge in [0.2, 0.25) is 0 Å². The maximum Gasteiger partial charge on any atom is 0.330 e. The second kappa shape index (κ2) is 10.2. The van der Waals surface area contributed by atoms with Crippen LogP contribution in [0.2, 0.25) is 0 Å². The Morgan fingerprint density at radius 3 is 2.19 bits per heavy atom. The molecular weight excluding hydrogens is 394 g/mol. The molecule has 176 valence electrons. The zero-order chi connectivity index (χ0) is 23.3. The van der Waals surface area contributed by atoms with Crippen LogP contribution in [-0.2, 0) is 14.3 Å². The quantitative estimate of drug-likeness (QED) is 0.229. The van der Waals surface area contributed by atoms with Crippen LogP contribution in [0.25, 0.3) is 0 Å². The topological polar surface area (TPSA) is 79.0 Å². The van der Waals surface area contributed by atoms with Gasteiger partial charge in [-0.2, -0.15) is 0 Å². The minimum atomic E-state index is -0.874. The Balaban J connectivity index is 2.04. The highest BCUT2D eigenvalue weighted by Crippen LogP contribution is 2.45. The first-order valence-electron chi connectivity index (χ1n) is 11.7. The molecule has 2 heterocycles. The lowest BCUT2D eigenvalue weighted by Crippen LogP contribution is -2.70. The molecule has 0 aliphatic carbocycles. The van der Waals surface area contributed by atoms with Gasteiger partial charge in [-0.1, -0.05) is 45.6 Å². The third-order valence-electron chi connectivity index (χ3n) is 6.64. The first-order chi connectivity index (χ1) is 14.5. The summed E-state index contributed by atoms with van der Waals surface area (Å²) in [7, 11) is 0. The number of nitrogens with one attached hydrogen (secondary N) is 1. The van der Waals surface area contributed by atoms with Gasteiger partial charge in [-0.3, -0.25) is 14.6 Å². The molecule has 0 bridgehead atoms. The van der Waals surface area contributed by atoms with Gasteiger partial charge in [0.15, 0.2) is 0 Å². The Hall–Kier alpha value is -1.89. The number of hydrogen-bond donors (Lipinski definition) is 1. The van der Waals surface area contributed by atoms with Crippen LogP contribution < -0.4 is 5.32 Å². The Labute approximate surface area is 187 Å². The summed E-state index contributed by atoms with van der Waals surface area (Å²) >= 11 is 0. The molecule has 1 spiro atoms. The molecular formula is C24H41N3O4. The van der Waals surface area contributed by atoms with Crippen molar-refractivity contribution in [1.82, 2.24) is 15.1 Å². The minimum absolute atomic E-state index is 0.0926. The Morgan fingerprint density at radius 1 is 1.03 bits per heavy atom. The number of likely N-dealkylation sites (tertiary alicyclic amines) is 1. The van der Waals surface area contributed by atoms with Crippen LogP contribution in [0, 0.1) is 0 Å². The van der Waals surface area contributed by atoms with Gasteiger partial charge in [0.1, 0.15) is 12.1 Å². The molecule has 7 heteroatoms. The highest BCUT2D eigenvalue weighted by molar-refractivity contribution is 6.07. The van der Waals surface area contributed by atoms with Crippen molar-refractivity contribution in [3.8, 4) is 0 Å². The van der Waals surface area contributed by atoms with E-state index < -0.39 is 11.5 Å². The summed E-state index contributed by atoms with van der Waals surface area (Å²) in [5, 5.41) is 3.06. The molecule has 0 unspecified atom stereocenters. The van der Waals surface area contributed by atoms with Crippen molar-refractivity contribution in [2.24, 2.45) is 0 Å². The third kappa shape index (κ3) is 5.88. The summed E-state index contributed by atoms with van der Waals surface area (Å²) in [6, 6.07) is -0.265. The number of carbonyl (C=O) groups excluding carboxylic acids is 3. The third-order valence-corrected chi connectivity index (χ3v) is 6.64. The van der Waals surface area contributed by atoms with E-state index in [1.165, 1.54) is 24.2 Å². The van der Waals surface area contributed by atoms with Crippen LogP contribution in [0.15, 0.2) is 12.7 Å². The van der Waals surface area contributed by atoms with E-state index in [0.717, 1.165) is 25.3 Å². The van der Waals surface area contributed by atoms with E-state index in [-0.39, 0.29) is 29.6 Å². The van der Waals surface area contributed by atoms with Gasteiger partial charge < -0.3 is 10.1 Å². The van der Waals surface area contributed by atoms with Crippen LogP contribution in [0.5, 0.6) is 0 Å². The highest BCUT2D eigenvalue weighted by atomic mass is 16.5. The van der Waals surface area contributed by atoms with E-state index in [1.807, 2.05) is 0 Å². The largest absolute Gasteiger partial charge is 0.461 e. The lowest BCUT2D eigenvalue weighted by atomic mass is 9.69. The number of hydrogen-bond acceptors (Lipinski definition) is 5. The molecule has 2 saturated heterocycles. The molecule has 3 amide bonds. The number of carbonyl (C=O) groups is 3. The average Bonchev–Trinajstić information content (AvgIpc) is 2.88. The molecule has 2 rings (SSSR count). The lowest BCUT2D eigenvalue weighted by Gasteiger charge is -2.57. The van der Waals surface area contributed by atoms with Crippen LogP contribution >= 0.6 is 0 Å². The second-order valence-electron chi connectivity index (χ2n) is 10.2. The monoisotopic (exact) mass is 435 g/mol. The van der Waals surface area contributed by atoms with Gasteiger partial charge in [-0.25, -0.2) is 9.59 Å². The molecule has 0 atom stereocenters. The maximum absolute atomic E-state index is 13.4. The van der Waals surface area contributed by atoms with Gasteiger partial charge in [0.05, 0.1) is 0 Å². The van der Waals surface area contributed by atoms with E-state index in [4.69, 9.17) is 4.74 Å². The summed E-state index contributed by atoms with van der Waals surface area (Å²) in [5.74, 6) is -0.530. The lowest BCUT2D eigenvalue weighted by molar-refractivity contribution is -0.145. The van der Waals surface area contributed by atoms with Gasteiger partial charge in [-0.15, -0.1) is 0 Å². The Morgan fingerprint density at radius 2 is 1.61 bits per heavy atom. The fourth-order valence-corrected chi connectivity index (χ4v) is 5.62. The van der Waals surface area contributed by atoms with E-state index in [0.29, 0.717) is 25.9 Å². The van der Waals surface area contributed by atoms with Crippen molar-refractivity contribution >= 4 is 17.9 Å². The van der Waals surface area contributed by atoms with Crippen molar-refractivity contribution in [1.29, 1.82) is 0 Å². The molecule has 1 N–H and O–H groups in total. The van der Waals surface area contributed by atoms with Crippen LogP contribution in [0.4, 0.5) is 4.79 Å². The van der Waals surface area contributed by atoms with Gasteiger partial charge in [0.25, 0.3) is 5.91 Å². The molecule has 7 nitrogen and oxygen atoms in total. The number of esters is 1. The van der Waals surface area contributed by atoms with Gasteiger partial charge in [-0.05, 0) is 47.0 Å². The van der Waals surface area contributed by atoms with E-state index in [2.05, 4.69) is 51.4 Å². The molecule has 0 saturated carbocycles. The molecule has 0 aromatic rings. The number of urea groups is 1. The first-order valence-corrected chi connectivity index (χ1v) is 11.7. The Kier molecular flexibility index (Phi) is 8.31. The van der Waals surface area contributed by atoms with Crippen LogP contribution in [-0.4, -0.2) is 64.0 Å². The number of amides is 3. The number of piperidine rings is 1. The van der Waals surface area contributed by atoms with E-state index in [9.17, 15) is 14.4 Å². The number of imide groups is 1. The summed E-state index contributed by atoms with van der Waals surface area (Å²) in [6.45, 7) is 15.2. The minimum Gasteiger partial charge on any atom is -0.461 e. The number of rotatable bonds is 11. The van der Waals surface area contributed by atoms with E-state index in [1.54, 1.807) is 0 Å². The number of ether oxygens (including phenoxy) is 1. The van der Waals surface area contributed by atoms with Crippen molar-refractivity contribution in [2.45, 2.75) is 103 Å². The van der Waals surface area contributed by atoms with Crippen molar-refractivity contribution < 1.29 is 19.1 Å². The predicted molar refractivity (Wildman–Crippen MR) is 122 cm³/mol. The highest BCUT2D eigenvalue weighted by Gasteiger charge is 2.60. The normalized spacial score (nSPS) is 21.9. The maximum atomic E-state index is 13.4. The average molecular weight is 436 g/mol. The summed E-state index contributed by atoms with van der Waals surface area (Å²) in [6.07, 6.45) is 8.90. The predicted octanol–water partition coefficient (Wildman–Crippen LogP) is 4.02. The zero-order valence-corrected chi connectivity index (χ0v) is 20.1. The molecule has 0 aromatic carbocycles.